The van der Waals surface area contributed by atoms with Gasteiger partial charge in [-0.25, -0.2) is 13.2 Å². The normalized spacial score (nSPS) is 13.2. The van der Waals surface area contributed by atoms with Crippen LogP contribution in [0.25, 0.3) is 0 Å². The van der Waals surface area contributed by atoms with Gasteiger partial charge in [-0.15, -0.1) is 0 Å². The predicted octanol–water partition coefficient (Wildman–Crippen LogP) is 1.98. The van der Waals surface area contributed by atoms with Crippen molar-refractivity contribution in [1.82, 2.24) is 9.13 Å². The molecule has 7 heteroatoms. The van der Waals surface area contributed by atoms with Gasteiger partial charge in [-0.1, -0.05) is 26.2 Å². The van der Waals surface area contributed by atoms with E-state index in [-0.39, 0.29) is 23.0 Å². The lowest BCUT2D eigenvalue weighted by Crippen LogP contribution is -2.39. The number of aromatic nitrogens is 2. The first-order valence-corrected chi connectivity index (χ1v) is 10.3. The van der Waals surface area contributed by atoms with Crippen LogP contribution in [0.3, 0.4) is 0 Å². The molecule has 0 radical (unpaired) electrons. The Kier molecular flexibility index (Phi) is 7.75. The molecule has 0 aliphatic heterocycles. The molecule has 1 atom stereocenters. The van der Waals surface area contributed by atoms with Crippen LogP contribution in [0.4, 0.5) is 0 Å². The lowest BCUT2D eigenvalue weighted by Gasteiger charge is -2.14. The molecule has 0 saturated heterocycles. The highest BCUT2D eigenvalue weighted by Gasteiger charge is 2.09. The molecule has 6 nitrogen and oxygen atoms in total. The van der Waals surface area contributed by atoms with Gasteiger partial charge >= 0.3 is 5.69 Å². The Hall–Kier alpha value is -1.37. The van der Waals surface area contributed by atoms with Crippen LogP contribution in [0.1, 0.15) is 58.4 Å². The van der Waals surface area contributed by atoms with E-state index < -0.39 is 9.84 Å². The molecule has 0 bridgehead atoms. The molecule has 132 valence electrons. The third-order valence-electron chi connectivity index (χ3n) is 4.06. The van der Waals surface area contributed by atoms with Crippen LogP contribution < -0.4 is 11.2 Å². The van der Waals surface area contributed by atoms with Crippen LogP contribution in [0.2, 0.25) is 0 Å². The molecule has 0 N–H and O–H groups in total. The van der Waals surface area contributed by atoms with E-state index in [4.69, 9.17) is 0 Å². The van der Waals surface area contributed by atoms with Crippen LogP contribution in [0, 0.1) is 0 Å². The molecule has 0 spiro atoms. The van der Waals surface area contributed by atoms with Gasteiger partial charge in [-0.2, -0.15) is 0 Å². The summed E-state index contributed by atoms with van der Waals surface area (Å²) in [6.07, 6.45) is 7.72. The Labute approximate surface area is 138 Å². The fraction of sp³-hybridized carbons (Fsp3) is 0.750. The molecule has 1 heterocycles. The summed E-state index contributed by atoms with van der Waals surface area (Å²) in [5, 5.41) is 0. The van der Waals surface area contributed by atoms with Crippen molar-refractivity contribution in [1.29, 1.82) is 0 Å². The van der Waals surface area contributed by atoms with Crippen molar-refractivity contribution in [3.05, 3.63) is 33.1 Å². The summed E-state index contributed by atoms with van der Waals surface area (Å²) in [5.74, 6) is 0.227. The summed E-state index contributed by atoms with van der Waals surface area (Å²) in [6, 6.07) is 1.52. The zero-order valence-electron chi connectivity index (χ0n) is 14.3. The molecule has 0 amide bonds. The van der Waals surface area contributed by atoms with Crippen LogP contribution in [-0.4, -0.2) is 29.6 Å². The summed E-state index contributed by atoms with van der Waals surface area (Å²) in [6.45, 7) is 4.38. The monoisotopic (exact) mass is 344 g/mol. The molecule has 1 aromatic heterocycles. The molecule has 1 aromatic rings. The summed E-state index contributed by atoms with van der Waals surface area (Å²) >= 11 is 0. The van der Waals surface area contributed by atoms with Crippen molar-refractivity contribution in [2.45, 2.75) is 65.0 Å². The second-order valence-electron chi connectivity index (χ2n) is 6.15. The molecule has 0 saturated carbocycles. The standard InChI is InChI=1S/C16H28N2O4S/c1-4-14(2)17-12-10-15(19)18(16(17)20)11-8-6-5-7-9-13-23(3,21)22/h10,12,14H,4-9,11,13H2,1-3H3. The Morgan fingerprint density at radius 3 is 2.30 bits per heavy atom. The minimum absolute atomic E-state index is 0.0744. The van der Waals surface area contributed by atoms with E-state index in [1.807, 2.05) is 13.8 Å². The average molecular weight is 344 g/mol. The Bertz CT molecular complexity index is 704. The van der Waals surface area contributed by atoms with Crippen LogP contribution in [-0.2, 0) is 16.4 Å². The fourth-order valence-electron chi connectivity index (χ4n) is 2.43. The highest BCUT2D eigenvalue weighted by atomic mass is 32.2. The zero-order valence-corrected chi connectivity index (χ0v) is 15.1. The maximum Gasteiger partial charge on any atom is 0.331 e. The van der Waals surface area contributed by atoms with Crippen molar-refractivity contribution in [3.63, 3.8) is 0 Å². The van der Waals surface area contributed by atoms with Gasteiger partial charge in [0.15, 0.2) is 0 Å². The first-order valence-electron chi connectivity index (χ1n) is 8.26. The Morgan fingerprint density at radius 1 is 1.09 bits per heavy atom. The molecular formula is C16H28N2O4S. The van der Waals surface area contributed by atoms with Gasteiger partial charge in [0.1, 0.15) is 9.84 Å². The molecule has 23 heavy (non-hydrogen) atoms. The Balaban J connectivity index is 2.49. The maximum absolute atomic E-state index is 12.3. The topological polar surface area (TPSA) is 78.1 Å². The van der Waals surface area contributed by atoms with Crippen molar-refractivity contribution < 1.29 is 8.42 Å². The van der Waals surface area contributed by atoms with Crippen molar-refractivity contribution in [2.75, 3.05) is 12.0 Å². The van der Waals surface area contributed by atoms with Gasteiger partial charge in [0.2, 0.25) is 0 Å². The van der Waals surface area contributed by atoms with Crippen molar-refractivity contribution in [2.24, 2.45) is 0 Å². The second-order valence-corrected chi connectivity index (χ2v) is 8.41. The summed E-state index contributed by atoms with van der Waals surface area (Å²) < 4.78 is 24.9. The van der Waals surface area contributed by atoms with Gasteiger partial charge < -0.3 is 0 Å². The van der Waals surface area contributed by atoms with Crippen LogP contribution >= 0.6 is 0 Å². The van der Waals surface area contributed by atoms with E-state index >= 15 is 0 Å². The summed E-state index contributed by atoms with van der Waals surface area (Å²) in [5.41, 5.74) is -0.504. The smallest absolute Gasteiger partial charge is 0.298 e. The molecule has 1 unspecified atom stereocenters. The van der Waals surface area contributed by atoms with Gasteiger partial charge in [0.05, 0.1) is 0 Å². The van der Waals surface area contributed by atoms with E-state index in [1.54, 1.807) is 10.8 Å². The molecule has 0 aliphatic carbocycles. The molecule has 0 aliphatic rings. The van der Waals surface area contributed by atoms with E-state index in [0.717, 1.165) is 32.1 Å². The zero-order chi connectivity index (χ0) is 17.5. The first-order chi connectivity index (χ1) is 10.8. The van der Waals surface area contributed by atoms with E-state index in [9.17, 15) is 18.0 Å². The van der Waals surface area contributed by atoms with E-state index in [1.165, 1.54) is 16.9 Å². The number of rotatable bonds is 10. The number of nitrogens with zero attached hydrogens (tertiary/aromatic N) is 2. The SMILES string of the molecule is CCC(C)n1ccc(=O)n(CCCCCCCS(C)(=O)=O)c1=O. The van der Waals surface area contributed by atoms with Crippen LogP contribution in [0.5, 0.6) is 0 Å². The molecular weight excluding hydrogens is 316 g/mol. The van der Waals surface area contributed by atoms with Crippen molar-refractivity contribution >= 4 is 9.84 Å². The molecule has 1 rings (SSSR count). The third kappa shape index (κ3) is 6.72. The number of sulfone groups is 1. The van der Waals surface area contributed by atoms with Gasteiger partial charge in [0, 0.05) is 36.9 Å². The van der Waals surface area contributed by atoms with Crippen molar-refractivity contribution in [3.8, 4) is 0 Å². The number of hydrogen-bond acceptors (Lipinski definition) is 4. The lowest BCUT2D eigenvalue weighted by atomic mass is 10.1. The highest BCUT2D eigenvalue weighted by Crippen LogP contribution is 2.06. The molecule has 0 aromatic carbocycles. The van der Waals surface area contributed by atoms with E-state index in [2.05, 4.69) is 0 Å². The van der Waals surface area contributed by atoms with Gasteiger partial charge in [-0.3, -0.25) is 13.9 Å². The fourth-order valence-corrected chi connectivity index (χ4v) is 3.16. The number of unbranched alkanes of at least 4 members (excludes halogenated alkanes) is 4. The largest absolute Gasteiger partial charge is 0.331 e. The highest BCUT2D eigenvalue weighted by molar-refractivity contribution is 7.90. The molecule has 0 fully saturated rings. The lowest BCUT2D eigenvalue weighted by molar-refractivity contribution is 0.456. The Morgan fingerprint density at radius 2 is 1.70 bits per heavy atom. The number of hydrogen-bond donors (Lipinski definition) is 0. The third-order valence-corrected chi connectivity index (χ3v) is 5.09. The van der Waals surface area contributed by atoms with Gasteiger partial charge in [0.25, 0.3) is 5.56 Å². The minimum atomic E-state index is -2.88. The predicted molar refractivity (Wildman–Crippen MR) is 92.8 cm³/mol. The summed E-state index contributed by atoms with van der Waals surface area (Å²) in [4.78, 5) is 24.2. The maximum atomic E-state index is 12.3. The average Bonchev–Trinajstić information content (AvgIpc) is 2.47. The second kappa shape index (κ2) is 9.05. The first kappa shape index (κ1) is 19.7. The minimum Gasteiger partial charge on any atom is -0.298 e. The van der Waals surface area contributed by atoms with Gasteiger partial charge in [-0.05, 0) is 26.2 Å². The summed E-state index contributed by atoms with van der Waals surface area (Å²) in [7, 11) is -2.88. The van der Waals surface area contributed by atoms with Crippen LogP contribution in [0.15, 0.2) is 21.9 Å². The van der Waals surface area contributed by atoms with E-state index in [0.29, 0.717) is 13.0 Å². The quantitative estimate of drug-likeness (QED) is 0.608.